The molecule has 1 aromatic carbocycles. The van der Waals surface area contributed by atoms with Crippen molar-refractivity contribution in [2.45, 2.75) is 19.8 Å². The normalized spacial score (nSPS) is 14.8. The van der Waals surface area contributed by atoms with Crippen LogP contribution < -0.4 is 30.3 Å². The Labute approximate surface area is 163 Å². The lowest BCUT2D eigenvalue weighted by molar-refractivity contribution is 0.174. The van der Waals surface area contributed by atoms with E-state index in [0.717, 1.165) is 30.5 Å². The Morgan fingerprint density at radius 3 is 2.79 bits per heavy atom. The third kappa shape index (κ3) is 4.36. The lowest BCUT2D eigenvalue weighted by Gasteiger charge is -2.17. The van der Waals surface area contributed by atoms with Crippen molar-refractivity contribution in [2.24, 2.45) is 0 Å². The number of nitrogens with zero attached hydrogens (tertiary/aromatic N) is 3. The molecule has 1 aromatic heterocycles. The highest BCUT2D eigenvalue weighted by Crippen LogP contribution is 2.34. The van der Waals surface area contributed by atoms with E-state index < -0.39 is 0 Å². The van der Waals surface area contributed by atoms with Crippen molar-refractivity contribution in [3.63, 3.8) is 0 Å². The van der Waals surface area contributed by atoms with Crippen molar-refractivity contribution in [3.05, 3.63) is 30.1 Å². The lowest BCUT2D eigenvalue weighted by atomic mass is 10.3. The molecule has 3 heterocycles. The molecular formula is C19H24N6O3. The Morgan fingerprint density at radius 1 is 1.11 bits per heavy atom. The smallest absolute Gasteiger partial charge is 0.319 e. The molecule has 0 radical (unpaired) electrons. The number of rotatable bonds is 6. The van der Waals surface area contributed by atoms with Gasteiger partial charge in [-0.05, 0) is 31.9 Å². The van der Waals surface area contributed by atoms with Gasteiger partial charge in [-0.3, -0.25) is 0 Å². The minimum absolute atomic E-state index is 0.207. The summed E-state index contributed by atoms with van der Waals surface area (Å²) in [7, 11) is 0. The minimum atomic E-state index is -0.280. The van der Waals surface area contributed by atoms with Crippen molar-refractivity contribution in [3.8, 4) is 11.5 Å². The number of aryl methyl sites for hydroxylation is 1. The zero-order valence-electron chi connectivity index (χ0n) is 15.8. The van der Waals surface area contributed by atoms with Crippen LogP contribution in [0.3, 0.4) is 0 Å². The van der Waals surface area contributed by atoms with E-state index in [2.05, 4.69) is 30.8 Å². The number of benzene rings is 1. The summed E-state index contributed by atoms with van der Waals surface area (Å²) < 4.78 is 10.6. The molecule has 2 aromatic rings. The maximum absolute atomic E-state index is 12.1. The quantitative estimate of drug-likeness (QED) is 0.657. The van der Waals surface area contributed by atoms with Crippen LogP contribution in [-0.2, 0) is 0 Å². The Hall–Kier alpha value is -3.23. The van der Waals surface area contributed by atoms with Crippen LogP contribution in [0.5, 0.6) is 11.5 Å². The summed E-state index contributed by atoms with van der Waals surface area (Å²) in [5.41, 5.74) is 0.649. The van der Waals surface area contributed by atoms with Crippen LogP contribution in [0.15, 0.2) is 24.3 Å². The van der Waals surface area contributed by atoms with Crippen LogP contribution in [-0.4, -0.2) is 49.0 Å². The number of hydrogen-bond donors (Lipinski definition) is 3. The number of amides is 2. The van der Waals surface area contributed by atoms with E-state index in [1.807, 2.05) is 13.0 Å². The molecule has 0 spiro atoms. The molecule has 3 N–H and O–H groups in total. The third-order valence-corrected chi connectivity index (χ3v) is 4.60. The van der Waals surface area contributed by atoms with Crippen LogP contribution in [0.2, 0.25) is 0 Å². The van der Waals surface area contributed by atoms with Gasteiger partial charge in [0.05, 0.1) is 0 Å². The lowest BCUT2D eigenvalue weighted by Crippen LogP contribution is -2.32. The zero-order chi connectivity index (χ0) is 19.3. The number of ether oxygens (including phenoxy) is 2. The topological polar surface area (TPSA) is 101 Å². The van der Waals surface area contributed by atoms with Gasteiger partial charge in [-0.25, -0.2) is 14.8 Å². The maximum atomic E-state index is 12.1. The maximum Gasteiger partial charge on any atom is 0.319 e. The van der Waals surface area contributed by atoms with E-state index in [4.69, 9.17) is 9.47 Å². The summed E-state index contributed by atoms with van der Waals surface area (Å²) in [6.07, 6.45) is 2.41. The van der Waals surface area contributed by atoms with Gasteiger partial charge in [0, 0.05) is 44.0 Å². The molecule has 1 saturated heterocycles. The van der Waals surface area contributed by atoms with Crippen molar-refractivity contribution >= 4 is 23.4 Å². The first-order valence-corrected chi connectivity index (χ1v) is 9.46. The Bertz CT molecular complexity index is 854. The zero-order valence-corrected chi connectivity index (χ0v) is 15.8. The third-order valence-electron chi connectivity index (χ3n) is 4.60. The average Bonchev–Trinajstić information content (AvgIpc) is 3.36. The minimum Gasteiger partial charge on any atom is -0.454 e. The fourth-order valence-corrected chi connectivity index (χ4v) is 3.27. The van der Waals surface area contributed by atoms with Gasteiger partial charge >= 0.3 is 6.03 Å². The van der Waals surface area contributed by atoms with Crippen LogP contribution in [0.25, 0.3) is 0 Å². The molecule has 4 rings (SSSR count). The first-order chi connectivity index (χ1) is 13.7. The second-order valence-corrected chi connectivity index (χ2v) is 6.73. The van der Waals surface area contributed by atoms with Crippen molar-refractivity contribution in [1.29, 1.82) is 0 Å². The predicted molar refractivity (Wildman–Crippen MR) is 106 cm³/mol. The summed E-state index contributed by atoms with van der Waals surface area (Å²) in [6.45, 7) is 5.19. The molecule has 9 heteroatoms. The van der Waals surface area contributed by atoms with E-state index in [-0.39, 0.29) is 12.8 Å². The van der Waals surface area contributed by atoms with E-state index in [1.165, 1.54) is 12.8 Å². The first-order valence-electron chi connectivity index (χ1n) is 9.46. The van der Waals surface area contributed by atoms with Gasteiger partial charge in [0.15, 0.2) is 11.5 Å². The number of carbonyl (C=O) groups is 1. The summed E-state index contributed by atoms with van der Waals surface area (Å²) >= 11 is 0. The van der Waals surface area contributed by atoms with E-state index in [1.54, 1.807) is 18.2 Å². The van der Waals surface area contributed by atoms with Gasteiger partial charge in [0.2, 0.25) is 6.79 Å². The fourth-order valence-electron chi connectivity index (χ4n) is 3.27. The standard InChI is InChI=1S/C19H24N6O3/c1-13-22-17(11-18(23-13)25-8-2-3-9-25)20-6-7-21-19(26)24-14-4-5-15-16(10-14)28-12-27-15/h4-5,10-11H,2-3,6-9,12H2,1H3,(H,20,22,23)(H2,21,24,26). The molecule has 2 aliphatic rings. The molecule has 0 bridgehead atoms. The molecule has 2 aliphatic heterocycles. The fraction of sp³-hybridized carbons (Fsp3) is 0.421. The summed E-state index contributed by atoms with van der Waals surface area (Å²) in [6, 6.07) is 6.97. The number of fused-ring (bicyclic) bond motifs is 1. The monoisotopic (exact) mass is 384 g/mol. The molecule has 0 unspecified atom stereocenters. The number of nitrogens with one attached hydrogen (secondary N) is 3. The molecular weight excluding hydrogens is 360 g/mol. The van der Waals surface area contributed by atoms with Gasteiger partial charge in [-0.15, -0.1) is 0 Å². The highest BCUT2D eigenvalue weighted by molar-refractivity contribution is 5.89. The number of hydrogen-bond acceptors (Lipinski definition) is 7. The highest BCUT2D eigenvalue weighted by atomic mass is 16.7. The number of urea groups is 1. The second kappa shape index (κ2) is 8.20. The van der Waals surface area contributed by atoms with Crippen LogP contribution in [0.4, 0.5) is 22.1 Å². The summed E-state index contributed by atoms with van der Waals surface area (Å²) in [5.74, 6) is 3.78. The highest BCUT2D eigenvalue weighted by Gasteiger charge is 2.15. The Morgan fingerprint density at radius 2 is 1.93 bits per heavy atom. The Balaban J connectivity index is 1.23. The van der Waals surface area contributed by atoms with Crippen LogP contribution in [0, 0.1) is 6.92 Å². The summed E-state index contributed by atoms with van der Waals surface area (Å²) in [4.78, 5) is 23.3. The van der Waals surface area contributed by atoms with Crippen molar-refractivity contribution in [1.82, 2.24) is 15.3 Å². The van der Waals surface area contributed by atoms with Gasteiger partial charge in [0.1, 0.15) is 17.5 Å². The van der Waals surface area contributed by atoms with Crippen molar-refractivity contribution in [2.75, 3.05) is 48.5 Å². The SMILES string of the molecule is Cc1nc(NCCNC(=O)Nc2ccc3c(c2)OCO3)cc(N2CCCC2)n1. The molecule has 1 fully saturated rings. The molecule has 0 atom stereocenters. The van der Waals surface area contributed by atoms with Gasteiger partial charge < -0.3 is 30.3 Å². The number of aromatic nitrogens is 2. The molecule has 0 saturated carbocycles. The summed E-state index contributed by atoms with van der Waals surface area (Å²) in [5, 5.41) is 8.84. The van der Waals surface area contributed by atoms with Gasteiger partial charge in [0.25, 0.3) is 0 Å². The van der Waals surface area contributed by atoms with Crippen molar-refractivity contribution < 1.29 is 14.3 Å². The molecule has 9 nitrogen and oxygen atoms in total. The molecule has 0 aliphatic carbocycles. The molecule has 2 amide bonds. The van der Waals surface area contributed by atoms with Crippen LogP contribution in [0.1, 0.15) is 18.7 Å². The average molecular weight is 384 g/mol. The van der Waals surface area contributed by atoms with Crippen LogP contribution >= 0.6 is 0 Å². The first kappa shape index (κ1) is 18.1. The van der Waals surface area contributed by atoms with E-state index in [0.29, 0.717) is 30.3 Å². The van der Waals surface area contributed by atoms with Gasteiger partial charge in [-0.1, -0.05) is 0 Å². The van der Waals surface area contributed by atoms with E-state index in [9.17, 15) is 4.79 Å². The molecule has 28 heavy (non-hydrogen) atoms. The number of anilines is 3. The molecule has 148 valence electrons. The Kier molecular flexibility index (Phi) is 5.31. The van der Waals surface area contributed by atoms with Gasteiger partial charge in [-0.2, -0.15) is 0 Å². The number of carbonyl (C=O) groups excluding carboxylic acids is 1. The van der Waals surface area contributed by atoms with E-state index >= 15 is 0 Å². The predicted octanol–water partition coefficient (Wildman–Crippen LogP) is 2.35. The second-order valence-electron chi connectivity index (χ2n) is 6.73. The largest absolute Gasteiger partial charge is 0.454 e.